The average Bonchev–Trinajstić information content (AvgIpc) is 3.19. The van der Waals surface area contributed by atoms with Crippen LogP contribution in [-0.2, 0) is 6.42 Å². The minimum absolute atomic E-state index is 0.175. The second-order valence-corrected chi connectivity index (χ2v) is 7.60. The third-order valence-electron chi connectivity index (χ3n) is 4.27. The maximum absolute atomic E-state index is 13.1. The first-order chi connectivity index (χ1) is 12.6. The van der Waals surface area contributed by atoms with Crippen molar-refractivity contribution in [2.75, 3.05) is 6.26 Å². The number of halogens is 2. The van der Waals surface area contributed by atoms with Crippen LogP contribution in [0.1, 0.15) is 51.8 Å². The Morgan fingerprint density at radius 2 is 2.15 bits per heavy atom. The van der Waals surface area contributed by atoms with Gasteiger partial charge in [-0.3, -0.25) is 9.89 Å². The molecule has 0 spiro atoms. The van der Waals surface area contributed by atoms with Gasteiger partial charge in [0.05, 0.1) is 21.8 Å². The largest absolute Gasteiger partial charge is 0.360 e. The molecule has 134 valence electrons. The van der Waals surface area contributed by atoms with Crippen molar-refractivity contribution in [3.63, 3.8) is 0 Å². The third kappa shape index (κ3) is 3.26. The molecule has 3 aromatic rings. The van der Waals surface area contributed by atoms with Crippen molar-refractivity contribution < 1.29 is 9.32 Å². The van der Waals surface area contributed by atoms with Crippen LogP contribution in [0.4, 0.5) is 0 Å². The van der Waals surface area contributed by atoms with Gasteiger partial charge in [0.1, 0.15) is 5.82 Å². The lowest BCUT2D eigenvalue weighted by molar-refractivity contribution is 0.103. The molecule has 2 aromatic heterocycles. The van der Waals surface area contributed by atoms with Gasteiger partial charge in [0.25, 0.3) is 0 Å². The number of nitrogens with zero attached hydrogens (tertiary/aromatic N) is 3. The summed E-state index contributed by atoms with van der Waals surface area (Å²) in [6.07, 6.45) is 5.71. The smallest absolute Gasteiger partial charge is 0.208 e. The molecular formula is C17H14Cl2N4O2S. The summed E-state index contributed by atoms with van der Waals surface area (Å²) in [4.78, 5) is 17.5. The lowest BCUT2D eigenvalue weighted by atomic mass is 9.96. The molecule has 26 heavy (non-hydrogen) atoms. The van der Waals surface area contributed by atoms with Crippen LogP contribution in [0.15, 0.2) is 28.0 Å². The summed E-state index contributed by atoms with van der Waals surface area (Å²) in [5.41, 5.74) is 1.55. The number of aromatic nitrogens is 4. The van der Waals surface area contributed by atoms with Gasteiger partial charge in [0.2, 0.25) is 5.16 Å². The maximum atomic E-state index is 13.1. The molecule has 2 heterocycles. The predicted molar refractivity (Wildman–Crippen MR) is 99.3 cm³/mol. The molecule has 1 N–H and O–H groups in total. The van der Waals surface area contributed by atoms with Gasteiger partial charge < -0.3 is 4.52 Å². The minimum atomic E-state index is -0.175. The molecule has 9 heteroatoms. The fourth-order valence-corrected chi connectivity index (χ4v) is 3.55. The molecule has 6 nitrogen and oxygen atoms in total. The van der Waals surface area contributed by atoms with E-state index in [-0.39, 0.29) is 11.7 Å². The Balaban J connectivity index is 1.74. The Labute approximate surface area is 163 Å². The standard InChI is InChI=1S/C17H14Cl2N4O2S/c1-26-17-21-13(22-23-17)6-10-9(4-5-12(18)14(10)19)15(24)11-7-20-25-16(11)8-2-3-8/h4-5,7-8H,2-3,6H2,1H3,(H,21,22,23). The van der Waals surface area contributed by atoms with E-state index in [4.69, 9.17) is 27.7 Å². The molecule has 1 fully saturated rings. The highest BCUT2D eigenvalue weighted by atomic mass is 35.5. The normalized spacial score (nSPS) is 14.0. The van der Waals surface area contributed by atoms with Crippen molar-refractivity contribution in [1.29, 1.82) is 0 Å². The Morgan fingerprint density at radius 1 is 1.35 bits per heavy atom. The SMILES string of the molecule is CSc1n[nH]c(Cc2c(C(=O)c3cnoc3C3CC3)ccc(Cl)c2Cl)n1. The van der Waals surface area contributed by atoms with E-state index in [9.17, 15) is 4.79 Å². The number of rotatable bonds is 6. The number of carbonyl (C=O) groups excluding carboxylic acids is 1. The molecule has 1 saturated carbocycles. The molecule has 4 rings (SSSR count). The monoisotopic (exact) mass is 408 g/mol. The fourth-order valence-electron chi connectivity index (χ4n) is 2.80. The summed E-state index contributed by atoms with van der Waals surface area (Å²) in [5, 5.41) is 12.1. The van der Waals surface area contributed by atoms with Gasteiger partial charge in [-0.1, -0.05) is 40.1 Å². The highest BCUT2D eigenvalue weighted by Gasteiger charge is 2.33. The summed E-state index contributed by atoms with van der Waals surface area (Å²) in [6, 6.07) is 3.31. The number of thioether (sulfide) groups is 1. The molecule has 0 radical (unpaired) electrons. The molecule has 0 aliphatic heterocycles. The molecule has 0 atom stereocenters. The zero-order chi connectivity index (χ0) is 18.3. The van der Waals surface area contributed by atoms with Crippen molar-refractivity contribution in [3.8, 4) is 0 Å². The number of hydrogen-bond acceptors (Lipinski definition) is 6. The van der Waals surface area contributed by atoms with Gasteiger partial charge in [0.15, 0.2) is 11.5 Å². The van der Waals surface area contributed by atoms with E-state index in [1.165, 1.54) is 18.0 Å². The second-order valence-electron chi connectivity index (χ2n) is 6.04. The van der Waals surface area contributed by atoms with Crippen LogP contribution in [0.3, 0.4) is 0 Å². The predicted octanol–water partition coefficient (Wildman–Crippen LogP) is 4.52. The Bertz CT molecular complexity index is 981. The first-order valence-corrected chi connectivity index (χ1v) is 9.98. The Hall–Kier alpha value is -1.83. The Morgan fingerprint density at radius 3 is 2.85 bits per heavy atom. The van der Waals surface area contributed by atoms with Gasteiger partial charge in [0, 0.05) is 17.9 Å². The summed E-state index contributed by atoms with van der Waals surface area (Å²) < 4.78 is 5.30. The molecule has 0 unspecified atom stereocenters. The molecule has 0 bridgehead atoms. The van der Waals surface area contributed by atoms with E-state index >= 15 is 0 Å². The highest BCUT2D eigenvalue weighted by Crippen LogP contribution is 2.42. The first kappa shape index (κ1) is 17.6. The van der Waals surface area contributed by atoms with Crippen molar-refractivity contribution in [3.05, 3.63) is 56.6 Å². The topological polar surface area (TPSA) is 84.7 Å². The van der Waals surface area contributed by atoms with E-state index in [0.29, 0.717) is 49.9 Å². The van der Waals surface area contributed by atoms with Crippen LogP contribution in [-0.4, -0.2) is 32.4 Å². The van der Waals surface area contributed by atoms with Gasteiger partial charge in [-0.2, -0.15) is 0 Å². The van der Waals surface area contributed by atoms with E-state index in [0.717, 1.165) is 12.8 Å². The molecule has 1 aliphatic rings. The van der Waals surface area contributed by atoms with Crippen molar-refractivity contribution in [2.45, 2.75) is 30.3 Å². The lowest BCUT2D eigenvalue weighted by Gasteiger charge is -2.11. The number of H-pyrrole nitrogens is 1. The number of ketones is 1. The molecule has 1 aliphatic carbocycles. The van der Waals surface area contributed by atoms with Gasteiger partial charge in [-0.25, -0.2) is 4.98 Å². The number of benzene rings is 1. The van der Waals surface area contributed by atoms with Gasteiger partial charge in [-0.05, 0) is 36.8 Å². The molecule has 1 aromatic carbocycles. The van der Waals surface area contributed by atoms with E-state index < -0.39 is 0 Å². The van der Waals surface area contributed by atoms with Crippen LogP contribution in [0.2, 0.25) is 10.0 Å². The number of carbonyl (C=O) groups is 1. The van der Waals surface area contributed by atoms with Crippen LogP contribution < -0.4 is 0 Å². The number of nitrogens with one attached hydrogen (secondary N) is 1. The molecule has 0 saturated heterocycles. The fraction of sp³-hybridized carbons (Fsp3) is 0.294. The van der Waals surface area contributed by atoms with Crippen LogP contribution in [0.5, 0.6) is 0 Å². The molecule has 0 amide bonds. The van der Waals surface area contributed by atoms with Crippen molar-refractivity contribution in [1.82, 2.24) is 20.3 Å². The zero-order valence-electron chi connectivity index (χ0n) is 13.8. The van der Waals surface area contributed by atoms with Crippen LogP contribution in [0.25, 0.3) is 0 Å². The second kappa shape index (κ2) is 7.06. The van der Waals surface area contributed by atoms with E-state index in [1.807, 2.05) is 6.26 Å². The van der Waals surface area contributed by atoms with E-state index in [2.05, 4.69) is 20.3 Å². The van der Waals surface area contributed by atoms with Gasteiger partial charge in [-0.15, -0.1) is 5.10 Å². The third-order valence-corrected chi connectivity index (χ3v) is 5.66. The highest BCUT2D eigenvalue weighted by molar-refractivity contribution is 7.98. The van der Waals surface area contributed by atoms with E-state index in [1.54, 1.807) is 12.1 Å². The van der Waals surface area contributed by atoms with Gasteiger partial charge >= 0.3 is 0 Å². The van der Waals surface area contributed by atoms with Crippen molar-refractivity contribution >= 4 is 40.7 Å². The summed E-state index contributed by atoms with van der Waals surface area (Å²) in [6.45, 7) is 0. The summed E-state index contributed by atoms with van der Waals surface area (Å²) in [7, 11) is 0. The van der Waals surface area contributed by atoms with Crippen molar-refractivity contribution in [2.24, 2.45) is 0 Å². The summed E-state index contributed by atoms with van der Waals surface area (Å²) in [5.74, 6) is 1.36. The molecular weight excluding hydrogens is 395 g/mol. The van der Waals surface area contributed by atoms with Crippen LogP contribution >= 0.6 is 35.0 Å². The Kier molecular flexibility index (Phi) is 4.77. The summed E-state index contributed by atoms with van der Waals surface area (Å²) >= 11 is 14.0. The first-order valence-electron chi connectivity index (χ1n) is 8.00. The number of aromatic amines is 1. The zero-order valence-corrected chi connectivity index (χ0v) is 16.1. The lowest BCUT2D eigenvalue weighted by Crippen LogP contribution is -2.08. The quantitative estimate of drug-likeness (QED) is 0.476. The minimum Gasteiger partial charge on any atom is -0.360 e. The maximum Gasteiger partial charge on any atom is 0.208 e. The average molecular weight is 409 g/mol. The van der Waals surface area contributed by atoms with Crippen LogP contribution in [0, 0.1) is 0 Å². The number of hydrogen-bond donors (Lipinski definition) is 1.